The highest BCUT2D eigenvalue weighted by Crippen LogP contribution is 2.14. The number of amides is 1. The summed E-state index contributed by atoms with van der Waals surface area (Å²) in [5.74, 6) is 0.279. The number of unbranched alkanes of at least 4 members (excludes halogenated alkanes) is 1. The molecule has 0 aliphatic rings. The highest BCUT2D eigenvalue weighted by atomic mass is 32.1. The van der Waals surface area contributed by atoms with Crippen LogP contribution in [0.3, 0.4) is 0 Å². The summed E-state index contributed by atoms with van der Waals surface area (Å²) in [5, 5.41) is 2.07. The van der Waals surface area contributed by atoms with Crippen molar-refractivity contribution in [3.05, 3.63) is 58.3 Å². The second-order valence-electron chi connectivity index (χ2n) is 5.23. The Morgan fingerprint density at radius 2 is 1.95 bits per heavy atom. The molecular weight excluding hydrogens is 278 g/mol. The van der Waals surface area contributed by atoms with E-state index in [-0.39, 0.29) is 5.91 Å². The standard InChI is InChI=1S/C18H23NOS/c1-2-3-11-18(20)19(15-17-10-7-14-21-17)13-12-16-8-5-4-6-9-16/h4-10,14H,2-3,11-13,15H2,1H3. The maximum absolute atomic E-state index is 12.4. The summed E-state index contributed by atoms with van der Waals surface area (Å²) in [4.78, 5) is 15.6. The number of rotatable bonds is 8. The predicted octanol–water partition coefficient (Wildman–Crippen LogP) is 4.51. The molecule has 112 valence electrons. The molecule has 1 aromatic heterocycles. The van der Waals surface area contributed by atoms with E-state index in [4.69, 9.17) is 0 Å². The van der Waals surface area contributed by atoms with Crippen LogP contribution in [0.1, 0.15) is 36.6 Å². The van der Waals surface area contributed by atoms with E-state index in [1.807, 2.05) is 17.0 Å². The Morgan fingerprint density at radius 1 is 1.14 bits per heavy atom. The van der Waals surface area contributed by atoms with Crippen LogP contribution in [0, 0.1) is 0 Å². The minimum absolute atomic E-state index is 0.279. The average molecular weight is 301 g/mol. The summed E-state index contributed by atoms with van der Waals surface area (Å²) in [6.45, 7) is 3.67. The molecule has 1 heterocycles. The van der Waals surface area contributed by atoms with Gasteiger partial charge < -0.3 is 4.90 Å². The molecule has 0 saturated heterocycles. The maximum atomic E-state index is 12.4. The Balaban J connectivity index is 1.95. The first-order valence-electron chi connectivity index (χ1n) is 7.63. The molecule has 0 spiro atoms. The average Bonchev–Trinajstić information content (AvgIpc) is 3.03. The molecular formula is C18H23NOS. The molecule has 2 nitrogen and oxygen atoms in total. The summed E-state index contributed by atoms with van der Waals surface area (Å²) in [7, 11) is 0. The van der Waals surface area contributed by atoms with Gasteiger partial charge in [-0.1, -0.05) is 49.7 Å². The van der Waals surface area contributed by atoms with Crippen LogP contribution in [-0.4, -0.2) is 17.4 Å². The normalized spacial score (nSPS) is 10.5. The largest absolute Gasteiger partial charge is 0.337 e. The van der Waals surface area contributed by atoms with Crippen molar-refractivity contribution in [2.75, 3.05) is 6.54 Å². The van der Waals surface area contributed by atoms with Crippen LogP contribution >= 0.6 is 11.3 Å². The van der Waals surface area contributed by atoms with Crippen molar-refractivity contribution in [3.8, 4) is 0 Å². The number of benzene rings is 1. The van der Waals surface area contributed by atoms with Crippen molar-refractivity contribution in [2.24, 2.45) is 0 Å². The van der Waals surface area contributed by atoms with Gasteiger partial charge in [0.25, 0.3) is 0 Å². The quantitative estimate of drug-likeness (QED) is 0.702. The van der Waals surface area contributed by atoms with E-state index in [1.165, 1.54) is 10.4 Å². The van der Waals surface area contributed by atoms with Gasteiger partial charge in [-0.15, -0.1) is 11.3 Å². The third kappa shape index (κ3) is 5.35. The Labute approximate surface area is 131 Å². The first kappa shape index (κ1) is 15.8. The molecule has 3 heteroatoms. The monoisotopic (exact) mass is 301 g/mol. The number of carbonyl (C=O) groups is 1. The molecule has 0 aliphatic carbocycles. The van der Waals surface area contributed by atoms with Crippen molar-refractivity contribution >= 4 is 17.2 Å². The van der Waals surface area contributed by atoms with Gasteiger partial charge in [0.15, 0.2) is 0 Å². The lowest BCUT2D eigenvalue weighted by atomic mass is 10.1. The van der Waals surface area contributed by atoms with Gasteiger partial charge in [-0.05, 0) is 29.9 Å². The van der Waals surface area contributed by atoms with E-state index < -0.39 is 0 Å². The highest BCUT2D eigenvalue weighted by Gasteiger charge is 2.14. The highest BCUT2D eigenvalue weighted by molar-refractivity contribution is 7.09. The lowest BCUT2D eigenvalue weighted by Gasteiger charge is -2.22. The molecule has 0 saturated carbocycles. The molecule has 21 heavy (non-hydrogen) atoms. The van der Waals surface area contributed by atoms with E-state index in [1.54, 1.807) is 11.3 Å². The molecule has 0 bridgehead atoms. The van der Waals surface area contributed by atoms with Crippen LogP contribution in [0.25, 0.3) is 0 Å². The third-order valence-electron chi connectivity index (χ3n) is 3.54. The fraction of sp³-hybridized carbons (Fsp3) is 0.389. The molecule has 1 aromatic carbocycles. The molecule has 0 fully saturated rings. The second kappa shape index (κ2) is 8.63. The number of hydrogen-bond acceptors (Lipinski definition) is 2. The zero-order valence-corrected chi connectivity index (χ0v) is 13.4. The summed E-state index contributed by atoms with van der Waals surface area (Å²) < 4.78 is 0. The topological polar surface area (TPSA) is 20.3 Å². The number of hydrogen-bond donors (Lipinski definition) is 0. The number of carbonyl (C=O) groups excluding carboxylic acids is 1. The van der Waals surface area contributed by atoms with Gasteiger partial charge in [0.2, 0.25) is 5.91 Å². The Bertz CT molecular complexity index is 521. The summed E-state index contributed by atoms with van der Waals surface area (Å²) >= 11 is 1.72. The van der Waals surface area contributed by atoms with Crippen LogP contribution in [0.4, 0.5) is 0 Å². The SMILES string of the molecule is CCCCC(=O)N(CCc1ccccc1)Cc1cccs1. The van der Waals surface area contributed by atoms with Crippen LogP contribution in [0.15, 0.2) is 47.8 Å². The molecule has 0 N–H and O–H groups in total. The van der Waals surface area contributed by atoms with Crippen molar-refractivity contribution in [1.29, 1.82) is 0 Å². The van der Waals surface area contributed by atoms with Crippen molar-refractivity contribution < 1.29 is 4.79 Å². The van der Waals surface area contributed by atoms with E-state index in [0.717, 1.165) is 32.4 Å². The Kier molecular flexibility index (Phi) is 6.48. The van der Waals surface area contributed by atoms with E-state index >= 15 is 0 Å². The first-order chi connectivity index (χ1) is 10.3. The third-order valence-corrected chi connectivity index (χ3v) is 4.40. The van der Waals surface area contributed by atoms with Gasteiger partial charge in [-0.3, -0.25) is 4.79 Å². The lowest BCUT2D eigenvalue weighted by Crippen LogP contribution is -2.32. The molecule has 0 aliphatic heterocycles. The fourth-order valence-electron chi connectivity index (χ4n) is 2.28. The molecule has 2 aromatic rings. The summed E-state index contributed by atoms with van der Waals surface area (Å²) in [6, 6.07) is 14.5. The van der Waals surface area contributed by atoms with Crippen LogP contribution < -0.4 is 0 Å². The maximum Gasteiger partial charge on any atom is 0.222 e. The molecule has 0 unspecified atom stereocenters. The first-order valence-corrected chi connectivity index (χ1v) is 8.51. The van der Waals surface area contributed by atoms with Crippen molar-refractivity contribution in [3.63, 3.8) is 0 Å². The van der Waals surface area contributed by atoms with Crippen molar-refractivity contribution in [1.82, 2.24) is 4.90 Å². The van der Waals surface area contributed by atoms with E-state index in [9.17, 15) is 4.79 Å². The minimum Gasteiger partial charge on any atom is -0.337 e. The summed E-state index contributed by atoms with van der Waals surface area (Å²) in [6.07, 6.45) is 3.63. The van der Waals surface area contributed by atoms with Gasteiger partial charge in [0, 0.05) is 17.8 Å². The van der Waals surface area contributed by atoms with Crippen LogP contribution in [-0.2, 0) is 17.8 Å². The fourth-order valence-corrected chi connectivity index (χ4v) is 3.00. The summed E-state index contributed by atoms with van der Waals surface area (Å²) in [5.41, 5.74) is 1.29. The van der Waals surface area contributed by atoms with Gasteiger partial charge in [-0.2, -0.15) is 0 Å². The number of nitrogens with zero attached hydrogens (tertiary/aromatic N) is 1. The minimum atomic E-state index is 0.279. The second-order valence-corrected chi connectivity index (χ2v) is 6.27. The van der Waals surface area contributed by atoms with Crippen LogP contribution in [0.2, 0.25) is 0 Å². The van der Waals surface area contributed by atoms with Gasteiger partial charge in [0.1, 0.15) is 0 Å². The van der Waals surface area contributed by atoms with Crippen LogP contribution in [0.5, 0.6) is 0 Å². The van der Waals surface area contributed by atoms with Gasteiger partial charge >= 0.3 is 0 Å². The predicted molar refractivity (Wildman–Crippen MR) is 89.4 cm³/mol. The molecule has 1 amide bonds. The van der Waals surface area contributed by atoms with E-state index in [0.29, 0.717) is 6.42 Å². The van der Waals surface area contributed by atoms with Crippen molar-refractivity contribution in [2.45, 2.75) is 39.2 Å². The smallest absolute Gasteiger partial charge is 0.222 e. The Hall–Kier alpha value is -1.61. The van der Waals surface area contributed by atoms with Gasteiger partial charge in [0.05, 0.1) is 6.54 Å². The molecule has 0 atom stereocenters. The number of thiophene rings is 1. The zero-order chi connectivity index (χ0) is 14.9. The van der Waals surface area contributed by atoms with Gasteiger partial charge in [-0.25, -0.2) is 0 Å². The lowest BCUT2D eigenvalue weighted by molar-refractivity contribution is -0.131. The molecule has 2 rings (SSSR count). The zero-order valence-electron chi connectivity index (χ0n) is 12.6. The molecule has 0 radical (unpaired) electrons. The van der Waals surface area contributed by atoms with E-state index in [2.05, 4.69) is 42.6 Å². The Morgan fingerprint density at radius 3 is 2.62 bits per heavy atom.